The lowest BCUT2D eigenvalue weighted by molar-refractivity contribution is 0.244. The number of allylic oxidation sites excluding steroid dienone is 1. The van der Waals surface area contributed by atoms with Crippen LogP contribution in [0, 0.1) is 0 Å². The number of hydrogen-bond donors (Lipinski definition) is 2. The summed E-state index contributed by atoms with van der Waals surface area (Å²) in [7, 11) is 0. The first-order valence-corrected chi connectivity index (χ1v) is 2.63. The summed E-state index contributed by atoms with van der Waals surface area (Å²) in [4.78, 5) is 0.856. The molecule has 0 fully saturated rings. The molecule has 0 aliphatic rings. The summed E-state index contributed by atoms with van der Waals surface area (Å²) in [5.74, 6) is 0. The third kappa shape index (κ3) is 6.05. The fourth-order valence-corrected chi connectivity index (χ4v) is 0.565. The Balaban J connectivity index is 3.45. The molecule has 0 saturated heterocycles. The van der Waals surface area contributed by atoms with Gasteiger partial charge in [0.2, 0.25) is 0 Å². The molecule has 1 nitrogen and oxygen atoms in total. The van der Waals surface area contributed by atoms with Crippen molar-refractivity contribution in [1.82, 2.24) is 0 Å². The van der Waals surface area contributed by atoms with E-state index in [4.69, 9.17) is 5.11 Å². The van der Waals surface area contributed by atoms with Crippen LogP contribution in [-0.4, -0.2) is 11.2 Å². The zero-order valence-electron chi connectivity index (χ0n) is 4.55. The van der Waals surface area contributed by atoms with E-state index in [0.29, 0.717) is 0 Å². The zero-order chi connectivity index (χ0) is 5.86. The van der Waals surface area contributed by atoms with Crippen LogP contribution in [0.25, 0.3) is 0 Å². The van der Waals surface area contributed by atoms with Gasteiger partial charge in [0.15, 0.2) is 0 Å². The number of rotatable bonds is 1. The summed E-state index contributed by atoms with van der Waals surface area (Å²) in [5.41, 5.74) is 0. The van der Waals surface area contributed by atoms with Gasteiger partial charge in [-0.05, 0) is 24.8 Å². The van der Waals surface area contributed by atoms with Crippen molar-refractivity contribution >= 4 is 12.6 Å². The lowest BCUT2D eigenvalue weighted by atomic mass is 10.4. The van der Waals surface area contributed by atoms with Gasteiger partial charge in [-0.2, -0.15) is 0 Å². The van der Waals surface area contributed by atoms with E-state index in [1.807, 2.05) is 6.92 Å². The van der Waals surface area contributed by atoms with E-state index in [0.717, 1.165) is 4.91 Å². The Bertz CT molecular complexity index is 72.1. The SMILES string of the molecule is C/C(S)=C/C(C)O. The Morgan fingerprint density at radius 1 is 1.86 bits per heavy atom. The molecule has 0 saturated carbocycles. The molecule has 42 valence electrons. The molecular weight excluding hydrogens is 108 g/mol. The van der Waals surface area contributed by atoms with Crippen molar-refractivity contribution < 1.29 is 5.11 Å². The van der Waals surface area contributed by atoms with Gasteiger partial charge in [0.05, 0.1) is 6.10 Å². The lowest BCUT2D eigenvalue weighted by Gasteiger charge is -1.92. The van der Waals surface area contributed by atoms with Crippen molar-refractivity contribution in [1.29, 1.82) is 0 Å². The molecule has 1 N–H and O–H groups in total. The molecule has 0 aliphatic carbocycles. The summed E-state index contributed by atoms with van der Waals surface area (Å²) < 4.78 is 0. The summed E-state index contributed by atoms with van der Waals surface area (Å²) in [5, 5.41) is 8.60. The molecule has 0 amide bonds. The first kappa shape index (κ1) is 7.05. The smallest absolute Gasteiger partial charge is 0.0703 e. The van der Waals surface area contributed by atoms with Crippen LogP contribution in [0.5, 0.6) is 0 Å². The van der Waals surface area contributed by atoms with Crippen molar-refractivity contribution in [3.63, 3.8) is 0 Å². The predicted molar refractivity (Wildman–Crippen MR) is 34.4 cm³/mol. The fourth-order valence-electron chi connectivity index (χ4n) is 0.349. The highest BCUT2D eigenvalue weighted by atomic mass is 32.1. The van der Waals surface area contributed by atoms with Gasteiger partial charge >= 0.3 is 0 Å². The molecule has 0 spiro atoms. The molecule has 0 bridgehead atoms. The second-order valence-electron chi connectivity index (χ2n) is 1.55. The first-order valence-electron chi connectivity index (χ1n) is 2.18. The Hall–Kier alpha value is 0.0500. The van der Waals surface area contributed by atoms with Gasteiger partial charge in [-0.15, -0.1) is 12.6 Å². The minimum atomic E-state index is -0.363. The second-order valence-corrected chi connectivity index (χ2v) is 2.25. The van der Waals surface area contributed by atoms with Crippen LogP contribution >= 0.6 is 12.6 Å². The predicted octanol–water partition coefficient (Wildman–Crippen LogP) is 1.20. The summed E-state index contributed by atoms with van der Waals surface area (Å²) in [6, 6.07) is 0. The maximum absolute atomic E-state index is 8.60. The Kier molecular flexibility index (Phi) is 3.13. The molecule has 1 unspecified atom stereocenters. The fraction of sp³-hybridized carbons (Fsp3) is 0.600. The van der Waals surface area contributed by atoms with Gasteiger partial charge in [-0.1, -0.05) is 0 Å². The number of thiol groups is 1. The minimum Gasteiger partial charge on any atom is -0.389 e. The Labute approximate surface area is 49.5 Å². The quantitative estimate of drug-likeness (QED) is 0.496. The molecule has 0 heterocycles. The maximum Gasteiger partial charge on any atom is 0.0703 e. The van der Waals surface area contributed by atoms with Crippen LogP contribution in [0.1, 0.15) is 13.8 Å². The van der Waals surface area contributed by atoms with E-state index < -0.39 is 0 Å². The Morgan fingerprint density at radius 2 is 2.29 bits per heavy atom. The third-order valence-electron chi connectivity index (χ3n) is 0.482. The van der Waals surface area contributed by atoms with Crippen molar-refractivity contribution in [2.75, 3.05) is 0 Å². The van der Waals surface area contributed by atoms with Crippen molar-refractivity contribution in [2.45, 2.75) is 20.0 Å². The minimum absolute atomic E-state index is 0.363. The zero-order valence-corrected chi connectivity index (χ0v) is 5.44. The average molecular weight is 118 g/mol. The third-order valence-corrected chi connectivity index (χ3v) is 0.631. The normalized spacial score (nSPS) is 16.9. The van der Waals surface area contributed by atoms with Crippen LogP contribution < -0.4 is 0 Å². The molecule has 0 aromatic carbocycles. The summed E-state index contributed by atoms with van der Waals surface area (Å²) >= 11 is 3.94. The molecule has 0 rings (SSSR count). The topological polar surface area (TPSA) is 20.2 Å². The van der Waals surface area contributed by atoms with Crippen LogP contribution in [-0.2, 0) is 0 Å². The molecule has 0 radical (unpaired) electrons. The van der Waals surface area contributed by atoms with Crippen LogP contribution in [0.3, 0.4) is 0 Å². The number of aliphatic hydroxyl groups is 1. The second kappa shape index (κ2) is 3.10. The van der Waals surface area contributed by atoms with E-state index >= 15 is 0 Å². The highest BCUT2D eigenvalue weighted by Gasteiger charge is 1.84. The molecular formula is C5H10OS. The highest BCUT2D eigenvalue weighted by molar-refractivity contribution is 7.84. The highest BCUT2D eigenvalue weighted by Crippen LogP contribution is 1.97. The van der Waals surface area contributed by atoms with Gasteiger partial charge in [0.25, 0.3) is 0 Å². The monoisotopic (exact) mass is 118 g/mol. The molecule has 1 atom stereocenters. The van der Waals surface area contributed by atoms with E-state index in [9.17, 15) is 0 Å². The van der Waals surface area contributed by atoms with Gasteiger partial charge < -0.3 is 5.11 Å². The Morgan fingerprint density at radius 3 is 2.29 bits per heavy atom. The molecule has 0 aliphatic heterocycles. The van der Waals surface area contributed by atoms with Crippen molar-refractivity contribution in [3.05, 3.63) is 11.0 Å². The van der Waals surface area contributed by atoms with Crippen molar-refractivity contribution in [3.8, 4) is 0 Å². The summed E-state index contributed by atoms with van der Waals surface area (Å²) in [6.07, 6.45) is 1.31. The standard InChI is InChI=1S/C5H10OS/c1-4(6)3-5(2)7/h3-4,6-7H,1-2H3/b5-3-. The van der Waals surface area contributed by atoms with Crippen LogP contribution in [0.4, 0.5) is 0 Å². The maximum atomic E-state index is 8.60. The van der Waals surface area contributed by atoms with Gasteiger partial charge in [-0.25, -0.2) is 0 Å². The summed E-state index contributed by atoms with van der Waals surface area (Å²) in [6.45, 7) is 3.52. The number of hydrogen-bond acceptors (Lipinski definition) is 2. The van der Waals surface area contributed by atoms with E-state index in [1.165, 1.54) is 0 Å². The van der Waals surface area contributed by atoms with Crippen LogP contribution in [0.15, 0.2) is 11.0 Å². The molecule has 2 heteroatoms. The van der Waals surface area contributed by atoms with Gasteiger partial charge in [0, 0.05) is 0 Å². The van der Waals surface area contributed by atoms with Crippen LogP contribution in [0.2, 0.25) is 0 Å². The average Bonchev–Trinajstić information content (AvgIpc) is 1.27. The van der Waals surface area contributed by atoms with Gasteiger partial charge in [-0.3, -0.25) is 0 Å². The largest absolute Gasteiger partial charge is 0.389 e. The van der Waals surface area contributed by atoms with E-state index in [-0.39, 0.29) is 6.10 Å². The van der Waals surface area contributed by atoms with E-state index in [1.54, 1.807) is 13.0 Å². The molecule has 0 aromatic heterocycles. The molecule has 7 heavy (non-hydrogen) atoms. The molecule has 0 aromatic rings. The van der Waals surface area contributed by atoms with Crippen molar-refractivity contribution in [2.24, 2.45) is 0 Å². The number of aliphatic hydroxyl groups excluding tert-OH is 1. The lowest BCUT2D eigenvalue weighted by Crippen LogP contribution is -1.91. The first-order chi connectivity index (χ1) is 3.13. The van der Waals surface area contributed by atoms with Gasteiger partial charge in [0.1, 0.15) is 0 Å². The van der Waals surface area contributed by atoms with E-state index in [2.05, 4.69) is 12.6 Å².